The van der Waals surface area contributed by atoms with Gasteiger partial charge in [0.2, 0.25) is 10.0 Å². The molecule has 2 rings (SSSR count). The van der Waals surface area contributed by atoms with Crippen LogP contribution in [0, 0.1) is 17.6 Å². The molecule has 6 nitrogen and oxygen atoms in total. The highest BCUT2D eigenvalue weighted by molar-refractivity contribution is 7.89. The fourth-order valence-electron chi connectivity index (χ4n) is 1.47. The molecule has 0 radical (unpaired) electrons. The Bertz CT molecular complexity index is 644. The van der Waals surface area contributed by atoms with E-state index in [1.54, 1.807) is 0 Å². The number of carbonyl (C=O) groups is 1. The molecule has 20 heavy (non-hydrogen) atoms. The number of sulfonamides is 1. The summed E-state index contributed by atoms with van der Waals surface area (Å²) in [6.45, 7) is 0.317. The van der Waals surface area contributed by atoms with E-state index in [0.717, 1.165) is 12.8 Å². The van der Waals surface area contributed by atoms with Gasteiger partial charge in [-0.05, 0) is 30.9 Å². The van der Waals surface area contributed by atoms with Crippen molar-refractivity contribution in [2.45, 2.75) is 17.7 Å². The van der Waals surface area contributed by atoms with E-state index in [1.807, 2.05) is 5.48 Å². The van der Waals surface area contributed by atoms with E-state index in [1.165, 1.54) is 0 Å². The lowest BCUT2D eigenvalue weighted by Crippen LogP contribution is -2.26. The molecule has 110 valence electrons. The zero-order valence-corrected chi connectivity index (χ0v) is 11.0. The molecule has 0 aliphatic heterocycles. The third kappa shape index (κ3) is 3.50. The van der Waals surface area contributed by atoms with Crippen LogP contribution in [0.2, 0.25) is 0 Å². The minimum absolute atomic E-state index is 0.317. The summed E-state index contributed by atoms with van der Waals surface area (Å²) in [5, 5.41) is 4.75. The van der Waals surface area contributed by atoms with Gasteiger partial charge in [0, 0.05) is 5.56 Å². The first-order valence-electron chi connectivity index (χ1n) is 5.73. The predicted octanol–water partition coefficient (Wildman–Crippen LogP) is 0.684. The highest BCUT2D eigenvalue weighted by Crippen LogP contribution is 2.28. The lowest BCUT2D eigenvalue weighted by molar-refractivity contribution is 0.0269. The molecule has 1 saturated carbocycles. The van der Waals surface area contributed by atoms with Crippen molar-refractivity contribution < 1.29 is 26.8 Å². The second-order valence-corrected chi connectivity index (χ2v) is 6.03. The lowest BCUT2D eigenvalue weighted by Gasteiger charge is -2.08. The molecule has 1 aromatic carbocycles. The third-order valence-corrected chi connectivity index (χ3v) is 3.65. The number of hydroxylamine groups is 1. The summed E-state index contributed by atoms with van der Waals surface area (Å²) < 4.78 is 48.8. The quantitative estimate of drug-likeness (QED) is 0.782. The van der Waals surface area contributed by atoms with Crippen LogP contribution in [0.25, 0.3) is 0 Å². The van der Waals surface area contributed by atoms with Crippen LogP contribution in [0.1, 0.15) is 23.2 Å². The highest BCUT2D eigenvalue weighted by atomic mass is 32.2. The van der Waals surface area contributed by atoms with Crippen molar-refractivity contribution in [1.82, 2.24) is 5.48 Å². The van der Waals surface area contributed by atoms with Gasteiger partial charge in [-0.3, -0.25) is 9.63 Å². The zero-order chi connectivity index (χ0) is 14.9. The van der Waals surface area contributed by atoms with Gasteiger partial charge in [-0.15, -0.1) is 0 Å². The maximum absolute atomic E-state index is 13.3. The topological polar surface area (TPSA) is 98.5 Å². The Morgan fingerprint density at radius 3 is 2.60 bits per heavy atom. The number of nitrogens with one attached hydrogen (secondary N) is 1. The van der Waals surface area contributed by atoms with Gasteiger partial charge >= 0.3 is 0 Å². The summed E-state index contributed by atoms with van der Waals surface area (Å²) in [4.78, 5) is 15.4. The van der Waals surface area contributed by atoms with Crippen LogP contribution in [0.4, 0.5) is 8.78 Å². The molecule has 1 amide bonds. The minimum atomic E-state index is -4.47. The maximum atomic E-state index is 13.3. The Morgan fingerprint density at radius 2 is 2.05 bits per heavy atom. The number of rotatable bonds is 5. The first-order valence-corrected chi connectivity index (χ1v) is 7.27. The van der Waals surface area contributed by atoms with E-state index in [4.69, 9.17) is 9.98 Å². The van der Waals surface area contributed by atoms with E-state index >= 15 is 0 Å². The van der Waals surface area contributed by atoms with Gasteiger partial charge in [-0.25, -0.2) is 27.8 Å². The van der Waals surface area contributed by atoms with E-state index < -0.39 is 38.0 Å². The number of nitrogens with two attached hydrogens (primary N) is 1. The van der Waals surface area contributed by atoms with E-state index in [0.29, 0.717) is 24.7 Å². The van der Waals surface area contributed by atoms with Gasteiger partial charge in [0.25, 0.3) is 5.91 Å². The monoisotopic (exact) mass is 306 g/mol. The first-order chi connectivity index (χ1) is 9.29. The molecule has 3 N–H and O–H groups in total. The van der Waals surface area contributed by atoms with Crippen molar-refractivity contribution in [3.63, 3.8) is 0 Å². The van der Waals surface area contributed by atoms with Crippen LogP contribution in [0.3, 0.4) is 0 Å². The molecule has 0 heterocycles. The largest absolute Gasteiger partial charge is 0.274 e. The zero-order valence-electron chi connectivity index (χ0n) is 10.2. The summed E-state index contributed by atoms with van der Waals surface area (Å²) in [5.41, 5.74) is 1.63. The van der Waals surface area contributed by atoms with E-state index in [-0.39, 0.29) is 0 Å². The summed E-state index contributed by atoms with van der Waals surface area (Å²) >= 11 is 0. The Morgan fingerprint density at radius 1 is 1.40 bits per heavy atom. The summed E-state index contributed by atoms with van der Waals surface area (Å²) in [7, 11) is -4.47. The average Bonchev–Trinajstić information content (AvgIpc) is 3.14. The van der Waals surface area contributed by atoms with Crippen LogP contribution >= 0.6 is 0 Å². The molecular formula is C11H12F2N2O4S. The molecule has 1 aliphatic rings. The SMILES string of the molecule is NS(=O)(=O)c1cc(C(=O)NOCC2CC2)cc(F)c1F. The maximum Gasteiger partial charge on any atom is 0.274 e. The number of carbonyl (C=O) groups excluding carboxylic acids is 1. The molecule has 0 bridgehead atoms. The molecule has 0 saturated heterocycles. The van der Waals surface area contributed by atoms with Crippen LogP contribution in [0.15, 0.2) is 17.0 Å². The van der Waals surface area contributed by atoms with Gasteiger partial charge in [-0.2, -0.15) is 0 Å². The summed E-state index contributed by atoms with van der Waals surface area (Å²) in [6.07, 6.45) is 2.02. The fourth-order valence-corrected chi connectivity index (χ4v) is 2.11. The lowest BCUT2D eigenvalue weighted by atomic mass is 10.2. The number of halogens is 2. The molecule has 9 heteroatoms. The molecular weight excluding hydrogens is 294 g/mol. The number of amides is 1. The summed E-state index contributed by atoms with van der Waals surface area (Å²) in [5.74, 6) is -3.60. The Kier molecular flexibility index (Phi) is 4.02. The van der Waals surface area contributed by atoms with E-state index in [9.17, 15) is 22.0 Å². The predicted molar refractivity (Wildman–Crippen MR) is 63.9 cm³/mol. The molecule has 1 aromatic rings. The van der Waals surface area contributed by atoms with Crippen LogP contribution in [0.5, 0.6) is 0 Å². The van der Waals surface area contributed by atoms with Crippen molar-refractivity contribution in [1.29, 1.82) is 0 Å². The molecule has 0 atom stereocenters. The van der Waals surface area contributed by atoms with Crippen molar-refractivity contribution in [2.75, 3.05) is 6.61 Å². The number of hydrogen-bond acceptors (Lipinski definition) is 4. The van der Waals surface area contributed by atoms with Gasteiger partial charge in [-0.1, -0.05) is 0 Å². The Labute approximate surface area is 113 Å². The van der Waals surface area contributed by atoms with Crippen LogP contribution in [-0.4, -0.2) is 20.9 Å². The third-order valence-electron chi connectivity index (χ3n) is 2.74. The van der Waals surface area contributed by atoms with Crippen molar-refractivity contribution in [3.05, 3.63) is 29.3 Å². The Hall–Kier alpha value is -1.58. The van der Waals surface area contributed by atoms with Gasteiger partial charge in [0.1, 0.15) is 4.90 Å². The second-order valence-electron chi connectivity index (χ2n) is 4.50. The van der Waals surface area contributed by atoms with Gasteiger partial charge in [0.15, 0.2) is 11.6 Å². The number of primary sulfonamides is 1. The molecule has 0 aromatic heterocycles. The van der Waals surface area contributed by atoms with Gasteiger partial charge in [0.05, 0.1) is 6.61 Å². The molecule has 1 aliphatic carbocycles. The van der Waals surface area contributed by atoms with Crippen LogP contribution in [-0.2, 0) is 14.9 Å². The fraction of sp³-hybridized carbons (Fsp3) is 0.364. The Balaban J connectivity index is 2.18. The van der Waals surface area contributed by atoms with Crippen molar-refractivity contribution >= 4 is 15.9 Å². The molecule has 0 spiro atoms. The summed E-state index contributed by atoms with van der Waals surface area (Å²) in [6, 6.07) is 1.23. The smallest absolute Gasteiger partial charge is 0.273 e. The second kappa shape index (κ2) is 5.43. The molecule has 1 fully saturated rings. The number of hydrogen-bond donors (Lipinski definition) is 2. The van der Waals surface area contributed by atoms with Crippen LogP contribution < -0.4 is 10.6 Å². The normalized spacial score (nSPS) is 15.2. The van der Waals surface area contributed by atoms with Gasteiger partial charge < -0.3 is 0 Å². The minimum Gasteiger partial charge on any atom is -0.273 e. The standard InChI is InChI=1S/C11H12F2N2O4S/c12-8-3-7(4-9(10(8)13)20(14,17)18)11(16)15-19-5-6-1-2-6/h3-4,6H,1-2,5H2,(H,15,16)(H2,14,17,18). The first kappa shape index (κ1) is 14.8. The van der Waals surface area contributed by atoms with Crippen molar-refractivity contribution in [2.24, 2.45) is 11.1 Å². The van der Waals surface area contributed by atoms with Crippen molar-refractivity contribution in [3.8, 4) is 0 Å². The highest BCUT2D eigenvalue weighted by Gasteiger charge is 2.24. The average molecular weight is 306 g/mol. The number of benzene rings is 1. The van der Waals surface area contributed by atoms with E-state index in [2.05, 4.69) is 0 Å². The molecule has 0 unspecified atom stereocenters.